The van der Waals surface area contributed by atoms with Crippen molar-refractivity contribution in [3.05, 3.63) is 35.9 Å². The van der Waals surface area contributed by atoms with Gasteiger partial charge in [0.15, 0.2) is 6.29 Å². The molecule has 1 heterocycles. The monoisotopic (exact) mass is 221 g/mol. The summed E-state index contributed by atoms with van der Waals surface area (Å²) in [6, 6.07) is 9.91. The van der Waals surface area contributed by atoms with E-state index in [-0.39, 0.29) is 12.0 Å². The Hall–Kier alpha value is -0.900. The van der Waals surface area contributed by atoms with Crippen LogP contribution in [-0.2, 0) is 0 Å². The van der Waals surface area contributed by atoms with Crippen molar-refractivity contribution in [3.63, 3.8) is 0 Å². The van der Waals surface area contributed by atoms with Gasteiger partial charge in [0, 0.05) is 12.0 Å². The van der Waals surface area contributed by atoms with Crippen molar-refractivity contribution in [2.75, 3.05) is 6.54 Å². The van der Waals surface area contributed by atoms with Crippen LogP contribution in [0.15, 0.2) is 30.3 Å². The minimum Gasteiger partial charge on any atom is -0.368 e. The SMILES string of the molecule is OC(O)[C@H](c1ccccc1)[C@@H]1CCCCN1. The molecule has 0 unspecified atom stereocenters. The van der Waals surface area contributed by atoms with E-state index in [2.05, 4.69) is 5.32 Å². The Bertz CT molecular complexity index is 307. The van der Waals surface area contributed by atoms with Crippen LogP contribution >= 0.6 is 0 Å². The first-order chi connectivity index (χ1) is 7.79. The summed E-state index contributed by atoms with van der Waals surface area (Å²) in [6.07, 6.45) is 2.06. The lowest BCUT2D eigenvalue weighted by molar-refractivity contribution is -0.0700. The number of nitrogens with one attached hydrogen (secondary N) is 1. The molecule has 1 fully saturated rings. The van der Waals surface area contributed by atoms with Crippen molar-refractivity contribution < 1.29 is 10.2 Å². The van der Waals surface area contributed by atoms with Gasteiger partial charge < -0.3 is 15.5 Å². The molecule has 0 aliphatic carbocycles. The van der Waals surface area contributed by atoms with E-state index in [1.54, 1.807) is 0 Å². The number of hydrogen-bond acceptors (Lipinski definition) is 3. The molecule has 16 heavy (non-hydrogen) atoms. The van der Waals surface area contributed by atoms with E-state index in [4.69, 9.17) is 0 Å². The largest absolute Gasteiger partial charge is 0.368 e. The maximum atomic E-state index is 9.53. The van der Waals surface area contributed by atoms with Crippen molar-refractivity contribution in [1.82, 2.24) is 5.32 Å². The fourth-order valence-electron chi connectivity index (χ4n) is 2.47. The normalized spacial score (nSPS) is 23.3. The first-order valence-electron chi connectivity index (χ1n) is 5.93. The number of aliphatic hydroxyl groups is 2. The Balaban J connectivity index is 2.16. The van der Waals surface area contributed by atoms with Crippen LogP contribution in [0.2, 0.25) is 0 Å². The maximum Gasteiger partial charge on any atom is 0.159 e. The van der Waals surface area contributed by atoms with Crippen molar-refractivity contribution in [3.8, 4) is 0 Å². The summed E-state index contributed by atoms with van der Waals surface area (Å²) in [5, 5.41) is 22.4. The summed E-state index contributed by atoms with van der Waals surface area (Å²) in [6.45, 7) is 0.973. The zero-order valence-corrected chi connectivity index (χ0v) is 9.34. The molecule has 2 rings (SSSR count). The first kappa shape index (κ1) is 11.6. The van der Waals surface area contributed by atoms with Crippen molar-refractivity contribution >= 4 is 0 Å². The Kier molecular flexibility index (Phi) is 3.93. The average Bonchev–Trinajstić information content (AvgIpc) is 2.31. The molecule has 0 spiro atoms. The molecule has 1 aliphatic heterocycles. The highest BCUT2D eigenvalue weighted by Gasteiger charge is 2.29. The number of hydrogen-bond donors (Lipinski definition) is 3. The zero-order chi connectivity index (χ0) is 11.4. The topological polar surface area (TPSA) is 52.5 Å². The molecule has 1 aromatic rings. The Morgan fingerprint density at radius 3 is 2.44 bits per heavy atom. The van der Waals surface area contributed by atoms with Gasteiger partial charge in [-0.3, -0.25) is 0 Å². The standard InChI is InChI=1S/C13H19NO2/c15-13(16)12(10-6-2-1-3-7-10)11-8-4-5-9-14-11/h1-3,6-7,11-16H,4-5,8-9H2/t11-,12+/m0/s1. The second-order valence-electron chi connectivity index (χ2n) is 4.41. The molecular weight excluding hydrogens is 202 g/mol. The third-order valence-corrected chi connectivity index (χ3v) is 3.29. The summed E-state index contributed by atoms with van der Waals surface area (Å²) in [5.74, 6) is -0.221. The third kappa shape index (κ3) is 2.61. The Morgan fingerprint density at radius 2 is 1.88 bits per heavy atom. The van der Waals surface area contributed by atoms with Gasteiger partial charge in [-0.25, -0.2) is 0 Å². The quantitative estimate of drug-likeness (QED) is 0.673. The van der Waals surface area contributed by atoms with E-state index >= 15 is 0 Å². The molecule has 0 saturated carbocycles. The van der Waals surface area contributed by atoms with Crippen LogP contribution in [0, 0.1) is 0 Å². The maximum absolute atomic E-state index is 9.53. The highest BCUT2D eigenvalue weighted by atomic mass is 16.5. The van der Waals surface area contributed by atoms with E-state index < -0.39 is 6.29 Å². The first-order valence-corrected chi connectivity index (χ1v) is 5.93. The average molecular weight is 221 g/mol. The van der Waals surface area contributed by atoms with Crippen molar-refractivity contribution in [2.45, 2.75) is 37.5 Å². The summed E-state index contributed by atoms with van der Waals surface area (Å²) in [7, 11) is 0. The molecule has 3 N–H and O–H groups in total. The van der Waals surface area contributed by atoms with Gasteiger partial charge in [-0.15, -0.1) is 0 Å². The predicted molar refractivity (Wildman–Crippen MR) is 63.1 cm³/mol. The molecule has 3 heteroatoms. The fourth-order valence-corrected chi connectivity index (χ4v) is 2.47. The third-order valence-electron chi connectivity index (χ3n) is 3.29. The lowest BCUT2D eigenvalue weighted by Crippen LogP contribution is -2.43. The number of aliphatic hydroxyl groups excluding tert-OH is 1. The Labute approximate surface area is 96.1 Å². The molecule has 1 aliphatic rings. The lowest BCUT2D eigenvalue weighted by atomic mass is 9.86. The highest BCUT2D eigenvalue weighted by molar-refractivity contribution is 5.22. The summed E-state index contributed by atoms with van der Waals surface area (Å²) in [5.41, 5.74) is 0.997. The van der Waals surface area contributed by atoms with Crippen molar-refractivity contribution in [2.24, 2.45) is 0 Å². The van der Waals surface area contributed by atoms with Gasteiger partial charge in [0.2, 0.25) is 0 Å². The Morgan fingerprint density at radius 1 is 1.12 bits per heavy atom. The van der Waals surface area contributed by atoms with Crippen molar-refractivity contribution in [1.29, 1.82) is 0 Å². The minimum atomic E-state index is -1.29. The van der Waals surface area contributed by atoms with E-state index in [1.807, 2.05) is 30.3 Å². The van der Waals surface area contributed by atoms with Gasteiger partial charge in [-0.1, -0.05) is 36.8 Å². The van der Waals surface area contributed by atoms with Crippen LogP contribution in [0.5, 0.6) is 0 Å². The predicted octanol–water partition coefficient (Wildman–Crippen LogP) is 1.22. The number of benzene rings is 1. The van der Waals surface area contributed by atoms with E-state index in [1.165, 1.54) is 6.42 Å². The smallest absolute Gasteiger partial charge is 0.159 e. The van der Waals surface area contributed by atoms with E-state index in [0.717, 1.165) is 24.9 Å². The highest BCUT2D eigenvalue weighted by Crippen LogP contribution is 2.27. The molecule has 0 radical (unpaired) electrons. The van der Waals surface area contributed by atoms with E-state index in [0.29, 0.717) is 0 Å². The van der Waals surface area contributed by atoms with Crippen LogP contribution in [0.1, 0.15) is 30.7 Å². The fraction of sp³-hybridized carbons (Fsp3) is 0.538. The van der Waals surface area contributed by atoms with Gasteiger partial charge in [0.1, 0.15) is 0 Å². The molecule has 2 atom stereocenters. The van der Waals surface area contributed by atoms with Gasteiger partial charge >= 0.3 is 0 Å². The molecule has 0 bridgehead atoms. The molecule has 3 nitrogen and oxygen atoms in total. The summed E-state index contributed by atoms with van der Waals surface area (Å²) in [4.78, 5) is 0. The number of rotatable bonds is 3. The second kappa shape index (κ2) is 5.43. The summed E-state index contributed by atoms with van der Waals surface area (Å²) >= 11 is 0. The molecule has 0 aromatic heterocycles. The van der Waals surface area contributed by atoms with Crippen LogP contribution in [0.4, 0.5) is 0 Å². The molecule has 1 saturated heterocycles. The molecular formula is C13H19NO2. The summed E-state index contributed by atoms with van der Waals surface area (Å²) < 4.78 is 0. The van der Waals surface area contributed by atoms with Gasteiger partial charge in [0.25, 0.3) is 0 Å². The van der Waals surface area contributed by atoms with Gasteiger partial charge in [0.05, 0.1) is 0 Å². The molecule has 88 valence electrons. The molecule has 1 aromatic carbocycles. The number of piperidine rings is 1. The van der Waals surface area contributed by atoms with Gasteiger partial charge in [-0.05, 0) is 24.9 Å². The van der Waals surface area contributed by atoms with Crippen LogP contribution < -0.4 is 5.32 Å². The minimum absolute atomic E-state index is 0.177. The van der Waals surface area contributed by atoms with Crippen LogP contribution in [0.3, 0.4) is 0 Å². The van der Waals surface area contributed by atoms with Crippen LogP contribution in [-0.4, -0.2) is 29.1 Å². The zero-order valence-electron chi connectivity index (χ0n) is 9.34. The second-order valence-corrected chi connectivity index (χ2v) is 4.41. The lowest BCUT2D eigenvalue weighted by Gasteiger charge is -2.32. The van der Waals surface area contributed by atoms with E-state index in [9.17, 15) is 10.2 Å². The van der Waals surface area contributed by atoms with Gasteiger partial charge in [-0.2, -0.15) is 0 Å². The van der Waals surface area contributed by atoms with Crippen LogP contribution in [0.25, 0.3) is 0 Å². The molecule has 0 amide bonds.